The molecule has 0 bridgehead atoms. The molecule has 0 aliphatic carbocycles. The molecule has 6 heteroatoms. The Morgan fingerprint density at radius 3 is 0.718 bits per heavy atom. The van der Waals surface area contributed by atoms with Gasteiger partial charge in [-0.15, -0.1) is 0 Å². The molecule has 0 rings (SSSR count). The summed E-state index contributed by atoms with van der Waals surface area (Å²) in [5.41, 5.74) is 0. The van der Waals surface area contributed by atoms with Crippen LogP contribution in [0.15, 0.2) is 60.8 Å². The van der Waals surface area contributed by atoms with Gasteiger partial charge in [0.15, 0.2) is 6.10 Å². The first kappa shape index (κ1) is 75.1. The molecule has 0 aromatic carbocycles. The minimum Gasteiger partial charge on any atom is -0.462 e. The Morgan fingerprint density at radius 2 is 0.462 bits per heavy atom. The summed E-state index contributed by atoms with van der Waals surface area (Å²) in [6.07, 6.45) is 85.3. The van der Waals surface area contributed by atoms with Crippen LogP contribution in [0.2, 0.25) is 0 Å². The van der Waals surface area contributed by atoms with Crippen molar-refractivity contribution in [3.63, 3.8) is 0 Å². The lowest BCUT2D eigenvalue weighted by Crippen LogP contribution is -2.30. The summed E-state index contributed by atoms with van der Waals surface area (Å²) in [4.78, 5) is 38.3. The molecule has 0 spiro atoms. The second-order valence-corrected chi connectivity index (χ2v) is 23.1. The van der Waals surface area contributed by atoms with E-state index in [0.29, 0.717) is 19.3 Å². The maximum atomic E-state index is 12.9. The summed E-state index contributed by atoms with van der Waals surface area (Å²) in [5.74, 6) is -0.857. The van der Waals surface area contributed by atoms with Gasteiger partial charge in [0.05, 0.1) is 0 Å². The largest absolute Gasteiger partial charge is 0.462 e. The van der Waals surface area contributed by atoms with E-state index in [4.69, 9.17) is 14.2 Å². The number of hydrogen-bond donors (Lipinski definition) is 0. The van der Waals surface area contributed by atoms with Crippen molar-refractivity contribution in [3.8, 4) is 0 Å². The average molecular weight is 1090 g/mol. The fraction of sp³-hybridized carbons (Fsp3) is 0.819. The van der Waals surface area contributed by atoms with Gasteiger partial charge in [-0.25, -0.2) is 0 Å². The van der Waals surface area contributed by atoms with Gasteiger partial charge in [0.1, 0.15) is 13.2 Å². The summed E-state index contributed by atoms with van der Waals surface area (Å²) in [5, 5.41) is 0. The van der Waals surface area contributed by atoms with Crippen LogP contribution >= 0.6 is 0 Å². The quantitative estimate of drug-likeness (QED) is 0.0261. The lowest BCUT2D eigenvalue weighted by molar-refractivity contribution is -0.167. The van der Waals surface area contributed by atoms with Crippen LogP contribution in [-0.4, -0.2) is 37.2 Å². The first-order valence-electron chi connectivity index (χ1n) is 34.3. The van der Waals surface area contributed by atoms with E-state index < -0.39 is 6.10 Å². The van der Waals surface area contributed by atoms with Gasteiger partial charge in [-0.05, 0) is 89.9 Å². The number of carbonyl (C=O) groups is 3. The van der Waals surface area contributed by atoms with Crippen molar-refractivity contribution in [2.75, 3.05) is 13.2 Å². The van der Waals surface area contributed by atoms with Gasteiger partial charge in [-0.1, -0.05) is 313 Å². The Labute approximate surface area is 485 Å². The van der Waals surface area contributed by atoms with Crippen molar-refractivity contribution in [3.05, 3.63) is 60.8 Å². The predicted octanol–water partition coefficient (Wildman–Crippen LogP) is 23.5. The van der Waals surface area contributed by atoms with Crippen LogP contribution in [0.4, 0.5) is 0 Å². The third-order valence-corrected chi connectivity index (χ3v) is 15.2. The van der Waals surface area contributed by atoms with E-state index in [1.54, 1.807) is 0 Å². The number of carbonyl (C=O) groups excluding carboxylic acids is 3. The van der Waals surface area contributed by atoms with E-state index in [-0.39, 0.29) is 31.1 Å². The van der Waals surface area contributed by atoms with Crippen LogP contribution in [0.3, 0.4) is 0 Å². The van der Waals surface area contributed by atoms with E-state index in [1.165, 1.54) is 244 Å². The van der Waals surface area contributed by atoms with Crippen LogP contribution < -0.4 is 0 Å². The van der Waals surface area contributed by atoms with Crippen molar-refractivity contribution < 1.29 is 28.6 Å². The smallest absolute Gasteiger partial charge is 0.306 e. The van der Waals surface area contributed by atoms with Crippen molar-refractivity contribution in [1.82, 2.24) is 0 Å². The first-order valence-corrected chi connectivity index (χ1v) is 34.3. The Hall–Kier alpha value is -2.89. The molecule has 0 aliphatic heterocycles. The van der Waals surface area contributed by atoms with Gasteiger partial charge in [0, 0.05) is 19.3 Å². The van der Waals surface area contributed by atoms with Gasteiger partial charge in [-0.3, -0.25) is 14.4 Å². The molecule has 0 aliphatic rings. The van der Waals surface area contributed by atoms with E-state index in [1.807, 2.05) is 0 Å². The van der Waals surface area contributed by atoms with Gasteiger partial charge < -0.3 is 14.2 Å². The maximum absolute atomic E-state index is 12.9. The molecule has 0 fully saturated rings. The topological polar surface area (TPSA) is 78.9 Å². The molecule has 0 saturated heterocycles. The molecule has 0 amide bonds. The number of allylic oxidation sites excluding steroid dienone is 10. The van der Waals surface area contributed by atoms with Crippen molar-refractivity contribution in [2.24, 2.45) is 0 Å². The molecule has 0 radical (unpaired) electrons. The van der Waals surface area contributed by atoms with E-state index in [2.05, 4.69) is 81.5 Å². The summed E-state index contributed by atoms with van der Waals surface area (Å²) in [7, 11) is 0. The minimum atomic E-state index is -0.774. The first-order chi connectivity index (χ1) is 38.5. The van der Waals surface area contributed by atoms with Gasteiger partial charge in [0.2, 0.25) is 0 Å². The van der Waals surface area contributed by atoms with Gasteiger partial charge in [-0.2, -0.15) is 0 Å². The number of rotatable bonds is 63. The summed E-state index contributed by atoms with van der Waals surface area (Å²) in [6.45, 7) is 6.65. The van der Waals surface area contributed by atoms with Gasteiger partial charge >= 0.3 is 17.9 Å². The fourth-order valence-electron chi connectivity index (χ4n) is 10.1. The highest BCUT2D eigenvalue weighted by atomic mass is 16.6. The molecule has 1 atom stereocenters. The van der Waals surface area contributed by atoms with Crippen LogP contribution in [0.25, 0.3) is 0 Å². The Bertz CT molecular complexity index is 1390. The number of ether oxygens (including phenoxy) is 3. The zero-order valence-corrected chi connectivity index (χ0v) is 52.2. The molecule has 0 aromatic rings. The molecular weight excluding hydrogens is 961 g/mol. The predicted molar refractivity (Wildman–Crippen MR) is 339 cm³/mol. The van der Waals surface area contributed by atoms with Crippen LogP contribution in [0.1, 0.15) is 361 Å². The third-order valence-electron chi connectivity index (χ3n) is 15.2. The molecule has 1 unspecified atom stereocenters. The van der Waals surface area contributed by atoms with Crippen molar-refractivity contribution in [2.45, 2.75) is 367 Å². The van der Waals surface area contributed by atoms with Crippen LogP contribution in [-0.2, 0) is 28.6 Å². The molecule has 6 nitrogen and oxygen atoms in total. The SMILES string of the molecule is CCCCCCC/C=C\C/C=C\C/C=C\CCCCCCCCCCCCCCC(=O)OCC(COC(=O)CCCCCCCCCCCC)OC(=O)CCCCCCCCCCCCC/C=C\C/C=C\CCCCCCC. The molecule has 0 N–H and O–H groups in total. The van der Waals surface area contributed by atoms with Crippen molar-refractivity contribution >= 4 is 17.9 Å². The Kier molecular flexibility index (Phi) is 64.2. The molecule has 0 saturated carbocycles. The summed E-state index contributed by atoms with van der Waals surface area (Å²) >= 11 is 0. The monoisotopic (exact) mass is 1090 g/mol. The molecule has 0 aromatic heterocycles. The van der Waals surface area contributed by atoms with Gasteiger partial charge in [0.25, 0.3) is 0 Å². The van der Waals surface area contributed by atoms with E-state index >= 15 is 0 Å². The summed E-state index contributed by atoms with van der Waals surface area (Å²) in [6, 6.07) is 0. The minimum absolute atomic E-state index is 0.0717. The van der Waals surface area contributed by atoms with Crippen LogP contribution in [0, 0.1) is 0 Å². The van der Waals surface area contributed by atoms with E-state index in [9.17, 15) is 14.4 Å². The lowest BCUT2D eigenvalue weighted by atomic mass is 10.0. The number of esters is 3. The molecule has 0 heterocycles. The van der Waals surface area contributed by atoms with Crippen molar-refractivity contribution in [1.29, 1.82) is 0 Å². The normalized spacial score (nSPS) is 12.4. The fourth-order valence-corrected chi connectivity index (χ4v) is 10.1. The molecule has 454 valence electrons. The highest BCUT2D eigenvalue weighted by molar-refractivity contribution is 5.71. The second kappa shape index (κ2) is 66.6. The molecular formula is C72H130O6. The zero-order chi connectivity index (χ0) is 56.4. The number of unbranched alkanes of at least 4 members (excludes halogenated alkanes) is 42. The summed E-state index contributed by atoms with van der Waals surface area (Å²) < 4.78 is 16.9. The van der Waals surface area contributed by atoms with Crippen LogP contribution in [0.5, 0.6) is 0 Å². The maximum Gasteiger partial charge on any atom is 0.306 e. The Morgan fingerprint density at radius 1 is 0.256 bits per heavy atom. The standard InChI is InChI=1S/C72H130O6/c1-4-7-10-13-16-19-22-24-26-28-30-32-34-35-36-37-39-40-42-44-46-48-50-53-56-59-62-65-71(74)77-68-69(67-76-70(73)64-61-58-55-52-21-18-15-12-9-6-3)78-72(75)66-63-60-57-54-51-49-47-45-43-41-38-33-31-29-27-25-23-20-17-14-11-8-5-2/h22-25,28-31,34-35,69H,4-21,26-27,32-33,36-68H2,1-3H3/b24-22-,25-23-,30-28-,31-29-,35-34-. The third kappa shape index (κ3) is 63.9. The van der Waals surface area contributed by atoms with E-state index in [0.717, 1.165) is 77.0 Å². The molecule has 78 heavy (non-hydrogen) atoms. The average Bonchev–Trinajstić information content (AvgIpc) is 3.44. The highest BCUT2D eigenvalue weighted by Gasteiger charge is 2.19. The lowest BCUT2D eigenvalue weighted by Gasteiger charge is -2.18. The second-order valence-electron chi connectivity index (χ2n) is 23.1. The Balaban J connectivity index is 4.20. The number of hydrogen-bond acceptors (Lipinski definition) is 6. The highest BCUT2D eigenvalue weighted by Crippen LogP contribution is 2.17. The zero-order valence-electron chi connectivity index (χ0n) is 52.2.